The van der Waals surface area contributed by atoms with Crippen LogP contribution in [0.1, 0.15) is 43.0 Å². The molecule has 1 aliphatic carbocycles. The van der Waals surface area contributed by atoms with Crippen LogP contribution in [0.15, 0.2) is 65.6 Å². The van der Waals surface area contributed by atoms with Crippen LogP contribution in [0.3, 0.4) is 0 Å². The fourth-order valence-corrected chi connectivity index (χ4v) is 5.87. The van der Waals surface area contributed by atoms with Crippen LogP contribution in [-0.2, 0) is 10.0 Å². The zero-order valence-corrected chi connectivity index (χ0v) is 19.2. The van der Waals surface area contributed by atoms with Gasteiger partial charge in [0.15, 0.2) is 0 Å². The van der Waals surface area contributed by atoms with Gasteiger partial charge < -0.3 is 9.64 Å². The Morgan fingerprint density at radius 3 is 2.50 bits per heavy atom. The maximum absolute atomic E-state index is 13.5. The Labute approximate surface area is 189 Å². The van der Waals surface area contributed by atoms with Gasteiger partial charge in [-0.15, -0.1) is 0 Å². The summed E-state index contributed by atoms with van der Waals surface area (Å²) >= 11 is 0. The van der Waals surface area contributed by atoms with Crippen LogP contribution in [0.2, 0.25) is 0 Å². The third-order valence-electron chi connectivity index (χ3n) is 6.00. The van der Waals surface area contributed by atoms with Crippen molar-refractivity contribution in [3.05, 3.63) is 66.2 Å². The predicted molar refractivity (Wildman–Crippen MR) is 127 cm³/mol. The summed E-state index contributed by atoms with van der Waals surface area (Å²) in [6.07, 6.45) is 3.67. The van der Waals surface area contributed by atoms with Crippen LogP contribution < -0.4 is 14.4 Å². The molecule has 1 fully saturated rings. The molecule has 6 nitrogen and oxygen atoms in total. The van der Waals surface area contributed by atoms with Gasteiger partial charge in [-0.05, 0) is 49.4 Å². The largest absolute Gasteiger partial charge is 0.495 e. The van der Waals surface area contributed by atoms with E-state index in [0.717, 1.165) is 42.1 Å². The lowest BCUT2D eigenvalue weighted by atomic mass is 10.1. The molecule has 0 aromatic heterocycles. The topological polar surface area (TPSA) is 75.7 Å². The maximum Gasteiger partial charge on any atom is 0.258 e. The molecular formula is C25H28N2O4S. The lowest BCUT2D eigenvalue weighted by molar-refractivity contribution is 0.0988. The number of benzene rings is 3. The third kappa shape index (κ3) is 4.36. The van der Waals surface area contributed by atoms with Crippen LogP contribution in [0.25, 0.3) is 10.8 Å². The first kappa shape index (κ1) is 22.3. The highest BCUT2D eigenvalue weighted by molar-refractivity contribution is 7.89. The first-order chi connectivity index (χ1) is 15.4. The average Bonchev–Trinajstić information content (AvgIpc) is 3.31. The van der Waals surface area contributed by atoms with Gasteiger partial charge in [0.2, 0.25) is 10.0 Å². The summed E-state index contributed by atoms with van der Waals surface area (Å²) in [6, 6.07) is 18.2. The van der Waals surface area contributed by atoms with Gasteiger partial charge >= 0.3 is 0 Å². The number of rotatable bonds is 7. The molecule has 3 aromatic carbocycles. The van der Waals surface area contributed by atoms with Crippen molar-refractivity contribution in [2.45, 2.75) is 43.5 Å². The SMILES string of the molecule is CCN(C(=O)c1ccc(OC)c(S(=O)(=O)NC2CCCC2)c1)c1cccc2ccccc12. The second-order valence-electron chi connectivity index (χ2n) is 8.02. The van der Waals surface area contributed by atoms with Gasteiger partial charge in [0.05, 0.1) is 12.8 Å². The summed E-state index contributed by atoms with van der Waals surface area (Å²) in [6.45, 7) is 2.35. The van der Waals surface area contributed by atoms with E-state index in [1.54, 1.807) is 17.0 Å². The van der Waals surface area contributed by atoms with E-state index in [-0.39, 0.29) is 22.6 Å². The molecule has 4 rings (SSSR count). The van der Waals surface area contributed by atoms with Gasteiger partial charge in [-0.25, -0.2) is 13.1 Å². The Morgan fingerprint density at radius 2 is 1.78 bits per heavy atom. The monoisotopic (exact) mass is 452 g/mol. The van der Waals surface area contributed by atoms with Gasteiger partial charge in [0, 0.05) is 23.5 Å². The van der Waals surface area contributed by atoms with Crippen LogP contribution in [0.5, 0.6) is 5.75 Å². The Balaban J connectivity index is 1.72. The number of sulfonamides is 1. The number of carbonyl (C=O) groups is 1. The molecule has 1 N–H and O–H groups in total. The maximum atomic E-state index is 13.5. The first-order valence-corrected chi connectivity index (χ1v) is 12.4. The summed E-state index contributed by atoms with van der Waals surface area (Å²) in [5.74, 6) is -0.0379. The highest BCUT2D eigenvalue weighted by Crippen LogP contribution is 2.31. The Bertz CT molecular complexity index is 1230. The molecule has 0 spiro atoms. The van der Waals surface area contributed by atoms with E-state index < -0.39 is 10.0 Å². The molecule has 7 heteroatoms. The van der Waals surface area contributed by atoms with Crippen molar-refractivity contribution in [3.63, 3.8) is 0 Å². The third-order valence-corrected chi connectivity index (χ3v) is 7.54. The Kier molecular flexibility index (Phi) is 6.48. The van der Waals surface area contributed by atoms with Gasteiger partial charge in [-0.2, -0.15) is 0 Å². The predicted octanol–water partition coefficient (Wildman–Crippen LogP) is 4.74. The number of nitrogens with one attached hydrogen (secondary N) is 1. The average molecular weight is 453 g/mol. The number of methoxy groups -OCH3 is 1. The first-order valence-electron chi connectivity index (χ1n) is 10.9. The number of ether oxygens (including phenoxy) is 1. The number of fused-ring (bicyclic) bond motifs is 1. The lowest BCUT2D eigenvalue weighted by Crippen LogP contribution is -2.34. The minimum Gasteiger partial charge on any atom is -0.495 e. The fraction of sp³-hybridized carbons (Fsp3) is 0.320. The normalized spacial score (nSPS) is 14.6. The van der Waals surface area contributed by atoms with E-state index in [9.17, 15) is 13.2 Å². The highest BCUT2D eigenvalue weighted by Gasteiger charge is 2.27. The number of hydrogen-bond acceptors (Lipinski definition) is 4. The second-order valence-corrected chi connectivity index (χ2v) is 9.70. The smallest absolute Gasteiger partial charge is 0.258 e. The summed E-state index contributed by atoms with van der Waals surface area (Å²) < 4.78 is 34.3. The van der Waals surface area contributed by atoms with E-state index in [4.69, 9.17) is 4.74 Å². The molecule has 0 saturated heterocycles. The second kappa shape index (κ2) is 9.30. The molecule has 1 saturated carbocycles. The minimum absolute atomic E-state index is 0.00766. The van der Waals surface area contributed by atoms with Crippen molar-refractivity contribution in [3.8, 4) is 5.75 Å². The van der Waals surface area contributed by atoms with E-state index >= 15 is 0 Å². The quantitative estimate of drug-likeness (QED) is 0.562. The number of anilines is 1. The highest BCUT2D eigenvalue weighted by atomic mass is 32.2. The lowest BCUT2D eigenvalue weighted by Gasteiger charge is -2.23. The van der Waals surface area contributed by atoms with Crippen molar-refractivity contribution >= 4 is 32.4 Å². The molecule has 1 aliphatic rings. The molecule has 3 aromatic rings. The van der Waals surface area contributed by atoms with E-state index in [0.29, 0.717) is 12.1 Å². The fourth-order valence-electron chi connectivity index (χ4n) is 4.37. The van der Waals surface area contributed by atoms with Crippen molar-refractivity contribution in [2.24, 2.45) is 0 Å². The molecule has 0 radical (unpaired) electrons. The van der Waals surface area contributed by atoms with Crippen LogP contribution in [-0.4, -0.2) is 34.0 Å². The molecule has 32 heavy (non-hydrogen) atoms. The molecule has 0 bridgehead atoms. The summed E-state index contributed by atoms with van der Waals surface area (Å²) in [7, 11) is -2.39. The van der Waals surface area contributed by atoms with Gasteiger partial charge in [0.1, 0.15) is 10.6 Å². The van der Waals surface area contributed by atoms with Crippen LogP contribution >= 0.6 is 0 Å². The molecule has 0 unspecified atom stereocenters. The van der Waals surface area contributed by atoms with Crippen LogP contribution in [0, 0.1) is 0 Å². The standard InChI is InChI=1S/C25H28N2O4S/c1-3-27(22-14-8-10-18-9-4-7-13-21(18)22)25(28)19-15-16-23(31-2)24(17-19)32(29,30)26-20-11-5-6-12-20/h4,7-10,13-17,20,26H,3,5-6,11-12H2,1-2H3. The summed E-state index contributed by atoms with van der Waals surface area (Å²) in [4.78, 5) is 15.2. The summed E-state index contributed by atoms with van der Waals surface area (Å²) in [5.41, 5.74) is 1.09. The van der Waals surface area contributed by atoms with Crippen molar-refractivity contribution < 1.29 is 17.9 Å². The van der Waals surface area contributed by atoms with Gasteiger partial charge in [-0.3, -0.25) is 4.79 Å². The number of nitrogens with zero attached hydrogens (tertiary/aromatic N) is 1. The molecule has 168 valence electrons. The Morgan fingerprint density at radius 1 is 1.06 bits per heavy atom. The molecule has 1 amide bonds. The Hall–Kier alpha value is -2.90. The zero-order valence-electron chi connectivity index (χ0n) is 18.4. The minimum atomic E-state index is -3.82. The van der Waals surface area contributed by atoms with Crippen molar-refractivity contribution in [1.82, 2.24) is 4.72 Å². The number of hydrogen-bond donors (Lipinski definition) is 1. The van der Waals surface area contributed by atoms with Gasteiger partial charge in [0.25, 0.3) is 5.91 Å². The molecule has 0 atom stereocenters. The van der Waals surface area contributed by atoms with E-state index in [2.05, 4.69) is 4.72 Å². The molecular weight excluding hydrogens is 424 g/mol. The van der Waals surface area contributed by atoms with E-state index in [1.165, 1.54) is 13.2 Å². The van der Waals surface area contributed by atoms with Crippen molar-refractivity contribution in [1.29, 1.82) is 0 Å². The molecule has 0 heterocycles. The van der Waals surface area contributed by atoms with Crippen molar-refractivity contribution in [2.75, 3.05) is 18.6 Å². The van der Waals surface area contributed by atoms with Crippen LogP contribution in [0.4, 0.5) is 5.69 Å². The number of amides is 1. The zero-order chi connectivity index (χ0) is 22.7. The van der Waals surface area contributed by atoms with E-state index in [1.807, 2.05) is 49.4 Å². The molecule has 0 aliphatic heterocycles. The van der Waals surface area contributed by atoms with Gasteiger partial charge in [-0.1, -0.05) is 49.2 Å². The number of carbonyl (C=O) groups excluding carboxylic acids is 1. The summed E-state index contributed by atoms with van der Waals surface area (Å²) in [5, 5.41) is 2.00.